The smallest absolute Gasteiger partial charge is 0.269 e. The molecule has 2 aromatic carbocycles. The fourth-order valence-electron chi connectivity index (χ4n) is 2.66. The Balaban J connectivity index is 1.83. The lowest BCUT2D eigenvalue weighted by molar-refractivity contribution is -0.122. The van der Waals surface area contributed by atoms with E-state index in [-0.39, 0.29) is 22.1 Å². The molecule has 0 fully saturated rings. The minimum absolute atomic E-state index is 0.0907. The van der Waals surface area contributed by atoms with Crippen molar-refractivity contribution in [1.29, 1.82) is 0 Å². The van der Waals surface area contributed by atoms with Gasteiger partial charge in [0.2, 0.25) is 5.91 Å². The number of carbonyl (C=O) groups excluding carboxylic acids is 1. The van der Waals surface area contributed by atoms with Gasteiger partial charge in [-0.3, -0.25) is 14.2 Å². The van der Waals surface area contributed by atoms with E-state index in [0.29, 0.717) is 16.6 Å². The Morgan fingerprint density at radius 2 is 2.00 bits per heavy atom. The Labute approximate surface area is 158 Å². The predicted molar refractivity (Wildman–Crippen MR) is 99.0 cm³/mol. The van der Waals surface area contributed by atoms with Crippen LogP contribution in [0.25, 0.3) is 11.0 Å². The van der Waals surface area contributed by atoms with Gasteiger partial charge in [-0.2, -0.15) is 0 Å². The third-order valence-corrected chi connectivity index (χ3v) is 4.55. The maximum atomic E-state index is 13.7. The number of halogens is 3. The summed E-state index contributed by atoms with van der Waals surface area (Å²) in [7, 11) is 0. The molecule has 0 saturated carbocycles. The highest BCUT2D eigenvalue weighted by atomic mass is 35.5. The van der Waals surface area contributed by atoms with Gasteiger partial charge < -0.3 is 5.32 Å². The summed E-state index contributed by atoms with van der Waals surface area (Å²) in [5, 5.41) is 2.87. The van der Waals surface area contributed by atoms with Crippen LogP contribution in [0.15, 0.2) is 47.4 Å². The van der Waals surface area contributed by atoms with E-state index in [9.17, 15) is 14.0 Å². The minimum Gasteiger partial charge on any atom is -0.348 e. The van der Waals surface area contributed by atoms with E-state index in [2.05, 4.69) is 10.3 Å². The number of rotatable bonds is 4. The van der Waals surface area contributed by atoms with Crippen molar-refractivity contribution in [2.75, 3.05) is 0 Å². The number of carbonyl (C=O) groups is 1. The van der Waals surface area contributed by atoms with Gasteiger partial charge in [0.05, 0.1) is 28.3 Å². The molecule has 1 N–H and O–H groups in total. The van der Waals surface area contributed by atoms with Gasteiger partial charge in [-0.25, -0.2) is 9.37 Å². The van der Waals surface area contributed by atoms with E-state index in [1.165, 1.54) is 22.9 Å². The summed E-state index contributed by atoms with van der Waals surface area (Å²) >= 11 is 11.8. The molecule has 3 aromatic rings. The van der Waals surface area contributed by atoms with Crippen molar-refractivity contribution in [3.05, 3.63) is 74.4 Å². The summed E-state index contributed by atoms with van der Waals surface area (Å²) in [6.45, 7) is 1.47. The van der Waals surface area contributed by atoms with Crippen molar-refractivity contribution in [1.82, 2.24) is 14.9 Å². The topological polar surface area (TPSA) is 64.0 Å². The molecule has 0 aliphatic carbocycles. The van der Waals surface area contributed by atoms with Crippen molar-refractivity contribution >= 4 is 40.1 Å². The van der Waals surface area contributed by atoms with Gasteiger partial charge in [0, 0.05) is 5.02 Å². The second-order valence-electron chi connectivity index (χ2n) is 5.75. The summed E-state index contributed by atoms with van der Waals surface area (Å²) in [6.07, 6.45) is 1.17. The second kappa shape index (κ2) is 7.43. The molecule has 5 nitrogen and oxygen atoms in total. The van der Waals surface area contributed by atoms with Gasteiger partial charge in [-0.05, 0) is 36.8 Å². The van der Waals surface area contributed by atoms with Crippen LogP contribution in [0.2, 0.25) is 10.0 Å². The van der Waals surface area contributed by atoms with Crippen molar-refractivity contribution < 1.29 is 9.18 Å². The largest absolute Gasteiger partial charge is 0.348 e. The number of nitrogens with one attached hydrogen (secondary N) is 1. The number of nitrogens with zero attached hydrogens (tertiary/aromatic N) is 2. The summed E-state index contributed by atoms with van der Waals surface area (Å²) < 4.78 is 15.0. The number of fused-ring (bicyclic) bond motifs is 1. The highest BCUT2D eigenvalue weighted by Crippen LogP contribution is 2.28. The lowest BCUT2D eigenvalue weighted by Gasteiger charge is -2.17. The van der Waals surface area contributed by atoms with Gasteiger partial charge in [-0.15, -0.1) is 0 Å². The third-order valence-electron chi connectivity index (χ3n) is 3.94. The van der Waals surface area contributed by atoms with Crippen LogP contribution in [0.4, 0.5) is 4.39 Å². The molecule has 0 bridgehead atoms. The van der Waals surface area contributed by atoms with Gasteiger partial charge >= 0.3 is 0 Å². The standard InChI is InChI=1S/C18H14Cl2FN3O2/c1-10(11-6-14(21)13(20)7-12(11)19)23-17(25)9-24-16-5-3-2-4-15(16)22-8-18(24)26/h2-8,10H,9H2,1H3,(H,23,25). The molecule has 26 heavy (non-hydrogen) atoms. The highest BCUT2D eigenvalue weighted by molar-refractivity contribution is 6.35. The van der Waals surface area contributed by atoms with Crippen LogP contribution in [0.1, 0.15) is 18.5 Å². The van der Waals surface area contributed by atoms with Crippen molar-refractivity contribution in [2.45, 2.75) is 19.5 Å². The molecular weight excluding hydrogens is 380 g/mol. The molecule has 1 heterocycles. The van der Waals surface area contributed by atoms with Gasteiger partial charge in [0.1, 0.15) is 12.4 Å². The molecule has 0 radical (unpaired) electrons. The number of benzene rings is 2. The first-order valence-corrected chi connectivity index (χ1v) is 8.51. The predicted octanol–water partition coefficient (Wildman–Crippen LogP) is 3.72. The second-order valence-corrected chi connectivity index (χ2v) is 6.56. The fraction of sp³-hybridized carbons (Fsp3) is 0.167. The van der Waals surface area contributed by atoms with E-state index in [0.717, 1.165) is 0 Å². The maximum absolute atomic E-state index is 13.7. The van der Waals surface area contributed by atoms with Crippen LogP contribution >= 0.6 is 23.2 Å². The normalized spacial score (nSPS) is 12.2. The van der Waals surface area contributed by atoms with Crippen LogP contribution in [-0.2, 0) is 11.3 Å². The number of hydrogen-bond donors (Lipinski definition) is 1. The molecule has 0 spiro atoms. The van der Waals surface area contributed by atoms with Crippen LogP contribution in [0.3, 0.4) is 0 Å². The number of hydrogen-bond acceptors (Lipinski definition) is 3. The first-order valence-electron chi connectivity index (χ1n) is 7.75. The molecule has 0 aliphatic rings. The molecular formula is C18H14Cl2FN3O2. The lowest BCUT2D eigenvalue weighted by atomic mass is 10.1. The van der Waals surface area contributed by atoms with Crippen LogP contribution in [-0.4, -0.2) is 15.5 Å². The lowest BCUT2D eigenvalue weighted by Crippen LogP contribution is -2.34. The molecule has 3 rings (SSSR count). The third kappa shape index (κ3) is 3.71. The maximum Gasteiger partial charge on any atom is 0.269 e. The fourth-order valence-corrected chi connectivity index (χ4v) is 3.20. The molecule has 1 amide bonds. The average Bonchev–Trinajstić information content (AvgIpc) is 2.60. The number of para-hydroxylation sites is 2. The first-order chi connectivity index (χ1) is 12.4. The summed E-state index contributed by atoms with van der Waals surface area (Å²) in [5.74, 6) is -1.04. The van der Waals surface area contributed by atoms with Gasteiger partial charge in [0.15, 0.2) is 0 Å². The van der Waals surface area contributed by atoms with E-state index in [1.54, 1.807) is 31.2 Å². The summed E-state index contributed by atoms with van der Waals surface area (Å²) in [6, 6.07) is 8.93. The first kappa shape index (κ1) is 18.4. The summed E-state index contributed by atoms with van der Waals surface area (Å²) in [5.41, 5.74) is 1.17. The van der Waals surface area contributed by atoms with Crippen LogP contribution in [0, 0.1) is 5.82 Å². The molecule has 1 atom stereocenters. The monoisotopic (exact) mass is 393 g/mol. The van der Waals surface area contributed by atoms with Crippen molar-refractivity contribution in [3.63, 3.8) is 0 Å². The zero-order valence-electron chi connectivity index (χ0n) is 13.7. The Morgan fingerprint density at radius 1 is 1.27 bits per heavy atom. The summed E-state index contributed by atoms with van der Waals surface area (Å²) in [4.78, 5) is 28.5. The molecule has 8 heteroatoms. The molecule has 0 aliphatic heterocycles. The SMILES string of the molecule is CC(NC(=O)Cn1c(=O)cnc2ccccc21)c1cc(F)c(Cl)cc1Cl. The van der Waals surface area contributed by atoms with Gasteiger partial charge in [-0.1, -0.05) is 35.3 Å². The molecule has 134 valence electrons. The molecule has 1 aromatic heterocycles. The molecule has 0 saturated heterocycles. The van der Waals surface area contributed by atoms with E-state index >= 15 is 0 Å². The quantitative estimate of drug-likeness (QED) is 0.686. The number of aromatic nitrogens is 2. The zero-order chi connectivity index (χ0) is 18.8. The Morgan fingerprint density at radius 3 is 2.77 bits per heavy atom. The Bertz CT molecular complexity index is 1050. The van der Waals surface area contributed by atoms with E-state index < -0.39 is 17.8 Å². The van der Waals surface area contributed by atoms with Crippen LogP contribution in [0.5, 0.6) is 0 Å². The minimum atomic E-state index is -0.622. The van der Waals surface area contributed by atoms with Crippen molar-refractivity contribution in [2.24, 2.45) is 0 Å². The number of amides is 1. The Hall–Kier alpha value is -2.44. The van der Waals surface area contributed by atoms with E-state index in [4.69, 9.17) is 23.2 Å². The van der Waals surface area contributed by atoms with E-state index in [1.807, 2.05) is 0 Å². The average molecular weight is 394 g/mol. The zero-order valence-corrected chi connectivity index (χ0v) is 15.2. The Kier molecular flexibility index (Phi) is 5.25. The van der Waals surface area contributed by atoms with Crippen LogP contribution < -0.4 is 10.9 Å². The van der Waals surface area contributed by atoms with Gasteiger partial charge in [0.25, 0.3) is 5.56 Å². The molecule has 1 unspecified atom stereocenters. The highest BCUT2D eigenvalue weighted by Gasteiger charge is 2.16. The van der Waals surface area contributed by atoms with Crippen molar-refractivity contribution in [3.8, 4) is 0 Å².